The summed E-state index contributed by atoms with van der Waals surface area (Å²) >= 11 is 0. The minimum atomic E-state index is -1.97. The van der Waals surface area contributed by atoms with E-state index in [-0.39, 0.29) is 5.97 Å². The van der Waals surface area contributed by atoms with Crippen LogP contribution in [0.4, 0.5) is 0 Å². The maximum Gasteiger partial charge on any atom is 0.333 e. The topological polar surface area (TPSA) is 35.5 Å². The molecule has 0 bridgehead atoms. The van der Waals surface area contributed by atoms with Crippen LogP contribution in [0.1, 0.15) is 48.5 Å². The highest BCUT2D eigenvalue weighted by atomic mass is 28.4. The molecule has 0 aliphatic carbocycles. The molecule has 0 amide bonds. The zero-order valence-corrected chi connectivity index (χ0v) is 13.5. The first kappa shape index (κ1) is 16.6. The predicted octanol–water partition coefficient (Wildman–Crippen LogP) is 3.74. The SMILES string of the molecule is COC(=O)[C@@H](C)O[Si](C(C)C)(C(C)C)C(C)C. The van der Waals surface area contributed by atoms with Gasteiger partial charge in [-0.3, -0.25) is 0 Å². The van der Waals surface area contributed by atoms with Gasteiger partial charge >= 0.3 is 5.97 Å². The average molecular weight is 260 g/mol. The van der Waals surface area contributed by atoms with Crippen molar-refractivity contribution in [3.63, 3.8) is 0 Å². The highest BCUT2D eigenvalue weighted by Gasteiger charge is 2.47. The molecule has 0 aromatic heterocycles. The summed E-state index contributed by atoms with van der Waals surface area (Å²) in [7, 11) is -0.562. The molecule has 0 aliphatic heterocycles. The molecular weight excluding hydrogens is 232 g/mol. The molecule has 0 spiro atoms. The van der Waals surface area contributed by atoms with Gasteiger partial charge in [0.2, 0.25) is 8.32 Å². The number of methoxy groups -OCH3 is 1. The number of hydrogen-bond acceptors (Lipinski definition) is 3. The summed E-state index contributed by atoms with van der Waals surface area (Å²) in [6, 6.07) is 0. The third-order valence-corrected chi connectivity index (χ3v) is 9.80. The third kappa shape index (κ3) is 3.55. The molecular formula is C13H28O3Si. The van der Waals surface area contributed by atoms with Crippen molar-refractivity contribution in [3.8, 4) is 0 Å². The minimum absolute atomic E-state index is 0.274. The number of carbonyl (C=O) groups is 1. The second kappa shape index (κ2) is 6.54. The molecule has 17 heavy (non-hydrogen) atoms. The van der Waals surface area contributed by atoms with Crippen LogP contribution in [0.2, 0.25) is 16.6 Å². The fraction of sp³-hybridized carbons (Fsp3) is 0.923. The zero-order chi connectivity index (χ0) is 13.8. The van der Waals surface area contributed by atoms with Gasteiger partial charge in [0.15, 0.2) is 0 Å². The first-order valence-corrected chi connectivity index (χ1v) is 8.59. The van der Waals surface area contributed by atoms with E-state index >= 15 is 0 Å². The number of ether oxygens (including phenoxy) is 1. The molecule has 0 N–H and O–H groups in total. The van der Waals surface area contributed by atoms with Crippen molar-refractivity contribution in [1.29, 1.82) is 0 Å². The summed E-state index contributed by atoms with van der Waals surface area (Å²) in [6.07, 6.45) is -0.459. The van der Waals surface area contributed by atoms with Crippen LogP contribution >= 0.6 is 0 Å². The van der Waals surface area contributed by atoms with Crippen molar-refractivity contribution in [2.45, 2.75) is 71.2 Å². The second-order valence-corrected chi connectivity index (χ2v) is 11.0. The molecule has 0 aliphatic rings. The summed E-state index contributed by atoms with van der Waals surface area (Å²) in [5, 5.41) is 0. The Morgan fingerprint density at radius 1 is 0.882 bits per heavy atom. The van der Waals surface area contributed by atoms with Crippen molar-refractivity contribution in [2.24, 2.45) is 0 Å². The molecule has 0 aromatic rings. The maximum atomic E-state index is 11.5. The third-order valence-electron chi connectivity index (χ3n) is 3.62. The van der Waals surface area contributed by atoms with Gasteiger partial charge in [0.1, 0.15) is 6.10 Å². The van der Waals surface area contributed by atoms with Gasteiger partial charge in [-0.15, -0.1) is 0 Å². The summed E-state index contributed by atoms with van der Waals surface area (Å²) in [5.41, 5.74) is 1.44. The van der Waals surface area contributed by atoms with Gasteiger partial charge < -0.3 is 9.16 Å². The lowest BCUT2D eigenvalue weighted by Gasteiger charge is -2.43. The van der Waals surface area contributed by atoms with Crippen LogP contribution in [0.5, 0.6) is 0 Å². The lowest BCUT2D eigenvalue weighted by molar-refractivity contribution is -0.148. The highest BCUT2D eigenvalue weighted by Crippen LogP contribution is 2.42. The Bertz CT molecular complexity index is 227. The first-order valence-electron chi connectivity index (χ1n) is 6.45. The van der Waals surface area contributed by atoms with Crippen LogP contribution in [0.25, 0.3) is 0 Å². The van der Waals surface area contributed by atoms with E-state index in [2.05, 4.69) is 41.5 Å². The Kier molecular flexibility index (Phi) is 6.41. The summed E-state index contributed by atoms with van der Waals surface area (Å²) in [5.74, 6) is -0.274. The maximum absolute atomic E-state index is 11.5. The molecule has 0 unspecified atom stereocenters. The van der Waals surface area contributed by atoms with Gasteiger partial charge in [-0.1, -0.05) is 41.5 Å². The molecule has 102 valence electrons. The van der Waals surface area contributed by atoms with Crippen LogP contribution in [-0.4, -0.2) is 27.5 Å². The van der Waals surface area contributed by atoms with Gasteiger partial charge in [0.25, 0.3) is 0 Å². The van der Waals surface area contributed by atoms with E-state index in [1.165, 1.54) is 7.11 Å². The normalized spacial score (nSPS) is 14.5. The number of esters is 1. The molecule has 1 atom stereocenters. The van der Waals surface area contributed by atoms with Gasteiger partial charge in [0.05, 0.1) is 7.11 Å². The lowest BCUT2D eigenvalue weighted by atomic mass is 10.4. The van der Waals surface area contributed by atoms with E-state index in [9.17, 15) is 4.79 Å². The number of carbonyl (C=O) groups excluding carboxylic acids is 1. The smallest absolute Gasteiger partial charge is 0.333 e. The first-order chi connectivity index (χ1) is 7.70. The standard InChI is InChI=1S/C13H28O3Si/c1-9(2)17(10(3)4,11(5)6)16-12(7)13(14)15-8/h9-12H,1-8H3/t12-/m1/s1. The molecule has 0 fully saturated rings. The van der Waals surface area contributed by atoms with Gasteiger partial charge in [-0.25, -0.2) is 4.79 Å². The van der Waals surface area contributed by atoms with Crippen LogP contribution in [0.3, 0.4) is 0 Å². The van der Waals surface area contributed by atoms with Gasteiger partial charge in [-0.05, 0) is 23.5 Å². The van der Waals surface area contributed by atoms with E-state index in [1.54, 1.807) is 6.92 Å². The Morgan fingerprint density at radius 3 is 1.47 bits per heavy atom. The minimum Gasteiger partial charge on any atom is -0.467 e. The Morgan fingerprint density at radius 2 is 1.24 bits per heavy atom. The molecule has 0 saturated heterocycles. The van der Waals surface area contributed by atoms with Crippen molar-refractivity contribution < 1.29 is 14.0 Å². The summed E-state index contributed by atoms with van der Waals surface area (Å²) in [4.78, 5) is 11.5. The second-order valence-electron chi connectivity index (χ2n) is 5.60. The Balaban J connectivity index is 5.12. The van der Waals surface area contributed by atoms with Crippen molar-refractivity contribution in [2.75, 3.05) is 7.11 Å². The van der Waals surface area contributed by atoms with Crippen LogP contribution in [-0.2, 0) is 14.0 Å². The van der Waals surface area contributed by atoms with Crippen molar-refractivity contribution in [3.05, 3.63) is 0 Å². The van der Waals surface area contributed by atoms with E-state index in [1.807, 2.05) is 0 Å². The van der Waals surface area contributed by atoms with Gasteiger partial charge in [0, 0.05) is 0 Å². The fourth-order valence-electron chi connectivity index (χ4n) is 2.93. The van der Waals surface area contributed by atoms with Gasteiger partial charge in [-0.2, -0.15) is 0 Å². The fourth-order valence-corrected chi connectivity index (χ4v) is 8.45. The largest absolute Gasteiger partial charge is 0.467 e. The van der Waals surface area contributed by atoms with E-state index in [0.29, 0.717) is 16.6 Å². The molecule has 0 radical (unpaired) electrons. The molecule has 0 aromatic carbocycles. The van der Waals surface area contributed by atoms with Crippen LogP contribution in [0.15, 0.2) is 0 Å². The van der Waals surface area contributed by atoms with Crippen LogP contribution in [0, 0.1) is 0 Å². The zero-order valence-electron chi connectivity index (χ0n) is 12.5. The van der Waals surface area contributed by atoms with E-state index in [0.717, 1.165) is 0 Å². The molecule has 0 saturated carbocycles. The molecule has 3 nitrogen and oxygen atoms in total. The quantitative estimate of drug-likeness (QED) is 0.539. The van der Waals surface area contributed by atoms with E-state index in [4.69, 9.17) is 9.16 Å². The molecule has 0 heterocycles. The monoisotopic (exact) mass is 260 g/mol. The van der Waals surface area contributed by atoms with Crippen molar-refractivity contribution in [1.82, 2.24) is 0 Å². The van der Waals surface area contributed by atoms with Crippen molar-refractivity contribution >= 4 is 14.3 Å². The van der Waals surface area contributed by atoms with Crippen LogP contribution < -0.4 is 0 Å². The molecule has 4 heteroatoms. The summed E-state index contributed by atoms with van der Waals surface area (Å²) < 4.78 is 11.0. The van der Waals surface area contributed by atoms with E-state index < -0.39 is 14.4 Å². The highest BCUT2D eigenvalue weighted by molar-refractivity contribution is 6.77. The Labute approximate surface area is 107 Å². The average Bonchev–Trinajstić information content (AvgIpc) is 2.22. The lowest BCUT2D eigenvalue weighted by Crippen LogP contribution is -2.51. The Hall–Kier alpha value is -0.353. The predicted molar refractivity (Wildman–Crippen MR) is 73.6 cm³/mol. The number of hydrogen-bond donors (Lipinski definition) is 0. The summed E-state index contributed by atoms with van der Waals surface area (Å²) in [6.45, 7) is 15.0. The molecule has 0 rings (SSSR count). The number of rotatable bonds is 6.